The number of fused-ring (bicyclic) bond motifs is 1. The number of aryl methyl sites for hydroxylation is 1. The molecule has 4 nitrogen and oxygen atoms in total. The van der Waals surface area contributed by atoms with Crippen molar-refractivity contribution in [1.29, 1.82) is 0 Å². The molecular formula is C9H11N3O. The van der Waals surface area contributed by atoms with Gasteiger partial charge >= 0.3 is 0 Å². The number of ether oxygens (including phenoxy) is 1. The summed E-state index contributed by atoms with van der Waals surface area (Å²) in [5, 5.41) is 8.03. The van der Waals surface area contributed by atoms with E-state index in [1.165, 1.54) is 0 Å². The zero-order valence-corrected chi connectivity index (χ0v) is 7.59. The van der Waals surface area contributed by atoms with Crippen LogP contribution in [0, 0.1) is 6.92 Å². The van der Waals surface area contributed by atoms with Gasteiger partial charge in [-0.15, -0.1) is 0 Å². The van der Waals surface area contributed by atoms with E-state index in [2.05, 4.69) is 10.2 Å². The van der Waals surface area contributed by atoms with Crippen LogP contribution in [0.5, 0.6) is 5.75 Å². The van der Waals surface area contributed by atoms with Gasteiger partial charge in [-0.25, -0.2) is 0 Å². The number of hydrogen-bond acceptors (Lipinski definition) is 3. The van der Waals surface area contributed by atoms with E-state index >= 15 is 0 Å². The Morgan fingerprint density at radius 2 is 2.23 bits per heavy atom. The van der Waals surface area contributed by atoms with Crippen LogP contribution in [-0.4, -0.2) is 17.3 Å². The van der Waals surface area contributed by atoms with Crippen molar-refractivity contribution < 1.29 is 4.74 Å². The largest absolute Gasteiger partial charge is 0.494 e. The fourth-order valence-electron chi connectivity index (χ4n) is 1.39. The van der Waals surface area contributed by atoms with Gasteiger partial charge in [0.05, 0.1) is 7.11 Å². The number of nitrogens with one attached hydrogen (secondary N) is 1. The Balaban J connectivity index is 2.84. The molecule has 1 heterocycles. The van der Waals surface area contributed by atoms with Crippen LogP contribution in [0.3, 0.4) is 0 Å². The normalized spacial score (nSPS) is 10.6. The molecule has 68 valence electrons. The van der Waals surface area contributed by atoms with Crippen LogP contribution in [0.1, 0.15) is 5.69 Å². The Kier molecular flexibility index (Phi) is 1.62. The van der Waals surface area contributed by atoms with Gasteiger partial charge < -0.3 is 10.5 Å². The van der Waals surface area contributed by atoms with Gasteiger partial charge in [-0.3, -0.25) is 5.10 Å². The van der Waals surface area contributed by atoms with Crippen molar-refractivity contribution in [3.63, 3.8) is 0 Å². The quantitative estimate of drug-likeness (QED) is 0.648. The highest BCUT2D eigenvalue weighted by Gasteiger charge is 2.07. The molecule has 2 rings (SSSR count). The van der Waals surface area contributed by atoms with Crippen molar-refractivity contribution in [3.8, 4) is 5.75 Å². The minimum Gasteiger partial charge on any atom is -0.494 e. The average Bonchev–Trinajstić information content (AvgIpc) is 2.47. The number of methoxy groups -OCH3 is 1. The van der Waals surface area contributed by atoms with Crippen molar-refractivity contribution in [2.24, 2.45) is 0 Å². The van der Waals surface area contributed by atoms with E-state index in [9.17, 15) is 0 Å². The van der Waals surface area contributed by atoms with Crippen LogP contribution in [0.25, 0.3) is 10.9 Å². The molecule has 0 spiro atoms. The molecule has 3 N–H and O–H groups in total. The van der Waals surface area contributed by atoms with Gasteiger partial charge in [0.15, 0.2) is 0 Å². The molecule has 13 heavy (non-hydrogen) atoms. The number of benzene rings is 1. The molecule has 0 saturated heterocycles. The highest BCUT2D eigenvalue weighted by Crippen LogP contribution is 2.28. The van der Waals surface area contributed by atoms with Crippen molar-refractivity contribution >= 4 is 16.6 Å². The summed E-state index contributed by atoms with van der Waals surface area (Å²) in [6.45, 7) is 1.95. The van der Waals surface area contributed by atoms with E-state index in [0.29, 0.717) is 11.4 Å². The molecule has 2 aromatic rings. The van der Waals surface area contributed by atoms with Crippen molar-refractivity contribution in [1.82, 2.24) is 10.2 Å². The number of nitrogens with two attached hydrogens (primary N) is 1. The first kappa shape index (κ1) is 7.91. The third-order valence-electron chi connectivity index (χ3n) is 2.06. The maximum Gasteiger partial charge on any atom is 0.149 e. The smallest absolute Gasteiger partial charge is 0.149 e. The summed E-state index contributed by atoms with van der Waals surface area (Å²) < 4.78 is 5.16. The lowest BCUT2D eigenvalue weighted by Crippen LogP contribution is -1.89. The molecular weight excluding hydrogens is 166 g/mol. The number of H-pyrrole nitrogens is 1. The fourth-order valence-corrected chi connectivity index (χ4v) is 1.39. The van der Waals surface area contributed by atoms with E-state index in [-0.39, 0.29) is 0 Å². The van der Waals surface area contributed by atoms with Gasteiger partial charge in [0, 0.05) is 22.8 Å². The number of hydrogen-bond donors (Lipinski definition) is 2. The van der Waals surface area contributed by atoms with E-state index in [4.69, 9.17) is 10.5 Å². The Bertz CT molecular complexity index is 447. The molecule has 4 heteroatoms. The number of rotatable bonds is 1. The Hall–Kier alpha value is -1.71. The fraction of sp³-hybridized carbons (Fsp3) is 0.222. The SMILES string of the molecule is COc1cc(N)cc2c(C)[nH]nc12. The molecule has 1 aromatic heterocycles. The second kappa shape index (κ2) is 2.65. The predicted octanol–water partition coefficient (Wildman–Crippen LogP) is 1.46. The molecule has 0 radical (unpaired) electrons. The first-order chi connectivity index (χ1) is 6.22. The number of nitrogen functional groups attached to an aromatic ring is 1. The minimum absolute atomic E-state index is 0.689. The average molecular weight is 177 g/mol. The van der Waals surface area contributed by atoms with Crippen LogP contribution in [0.15, 0.2) is 12.1 Å². The summed E-state index contributed by atoms with van der Waals surface area (Å²) in [6.07, 6.45) is 0. The molecule has 0 saturated carbocycles. The van der Waals surface area contributed by atoms with E-state index in [1.54, 1.807) is 13.2 Å². The predicted molar refractivity (Wildman–Crippen MR) is 51.8 cm³/mol. The first-order valence-corrected chi connectivity index (χ1v) is 4.00. The van der Waals surface area contributed by atoms with E-state index in [0.717, 1.165) is 16.6 Å². The number of aromatic amines is 1. The van der Waals surface area contributed by atoms with Gasteiger partial charge in [-0.05, 0) is 13.0 Å². The zero-order chi connectivity index (χ0) is 9.42. The molecule has 0 atom stereocenters. The highest BCUT2D eigenvalue weighted by molar-refractivity contribution is 5.89. The summed E-state index contributed by atoms with van der Waals surface area (Å²) in [6, 6.07) is 3.65. The Labute approximate surface area is 75.7 Å². The van der Waals surface area contributed by atoms with Gasteiger partial charge in [-0.2, -0.15) is 5.10 Å². The first-order valence-electron chi connectivity index (χ1n) is 4.00. The van der Waals surface area contributed by atoms with Crippen LogP contribution >= 0.6 is 0 Å². The molecule has 0 fully saturated rings. The molecule has 1 aromatic carbocycles. The topological polar surface area (TPSA) is 63.9 Å². The van der Waals surface area contributed by atoms with Crippen LogP contribution in [0.2, 0.25) is 0 Å². The third kappa shape index (κ3) is 1.11. The lowest BCUT2D eigenvalue weighted by Gasteiger charge is -2.01. The summed E-state index contributed by atoms with van der Waals surface area (Å²) in [7, 11) is 1.61. The second-order valence-corrected chi connectivity index (χ2v) is 2.97. The van der Waals surface area contributed by atoms with Crippen LogP contribution < -0.4 is 10.5 Å². The molecule has 0 bridgehead atoms. The molecule has 0 aliphatic rings. The standard InChI is InChI=1S/C9H11N3O/c1-5-7-3-6(10)4-8(13-2)9(7)12-11-5/h3-4H,10H2,1-2H3,(H,11,12). The maximum absolute atomic E-state index is 5.71. The van der Waals surface area contributed by atoms with Gasteiger partial charge in [-0.1, -0.05) is 0 Å². The number of aromatic nitrogens is 2. The minimum atomic E-state index is 0.689. The lowest BCUT2D eigenvalue weighted by molar-refractivity contribution is 0.419. The van der Waals surface area contributed by atoms with E-state index in [1.807, 2.05) is 13.0 Å². The Morgan fingerprint density at radius 3 is 2.92 bits per heavy atom. The number of nitrogens with zero attached hydrogens (tertiary/aromatic N) is 1. The van der Waals surface area contributed by atoms with Crippen LogP contribution in [0.4, 0.5) is 5.69 Å². The third-order valence-corrected chi connectivity index (χ3v) is 2.06. The van der Waals surface area contributed by atoms with Gasteiger partial charge in [0.25, 0.3) is 0 Å². The second-order valence-electron chi connectivity index (χ2n) is 2.97. The van der Waals surface area contributed by atoms with Gasteiger partial charge in [0.2, 0.25) is 0 Å². The molecule has 0 aliphatic heterocycles. The summed E-state index contributed by atoms with van der Waals surface area (Å²) in [5.41, 5.74) is 8.22. The maximum atomic E-state index is 5.71. The van der Waals surface area contributed by atoms with Crippen molar-refractivity contribution in [2.75, 3.05) is 12.8 Å². The molecule has 0 unspecified atom stereocenters. The molecule has 0 amide bonds. The van der Waals surface area contributed by atoms with Crippen LogP contribution in [-0.2, 0) is 0 Å². The summed E-state index contributed by atoms with van der Waals surface area (Å²) >= 11 is 0. The van der Waals surface area contributed by atoms with Gasteiger partial charge in [0.1, 0.15) is 11.3 Å². The molecule has 0 aliphatic carbocycles. The zero-order valence-electron chi connectivity index (χ0n) is 7.59. The Morgan fingerprint density at radius 1 is 1.46 bits per heavy atom. The monoisotopic (exact) mass is 177 g/mol. The lowest BCUT2D eigenvalue weighted by atomic mass is 10.2. The van der Waals surface area contributed by atoms with E-state index < -0.39 is 0 Å². The highest BCUT2D eigenvalue weighted by atomic mass is 16.5. The number of anilines is 1. The summed E-state index contributed by atoms with van der Waals surface area (Å²) in [4.78, 5) is 0. The summed E-state index contributed by atoms with van der Waals surface area (Å²) in [5.74, 6) is 0.708. The van der Waals surface area contributed by atoms with Crippen molar-refractivity contribution in [3.05, 3.63) is 17.8 Å². The van der Waals surface area contributed by atoms with Crippen molar-refractivity contribution in [2.45, 2.75) is 6.92 Å².